The van der Waals surface area contributed by atoms with Gasteiger partial charge in [0.1, 0.15) is 11.4 Å². The van der Waals surface area contributed by atoms with E-state index in [0.29, 0.717) is 11.4 Å². The predicted molar refractivity (Wildman–Crippen MR) is 143 cm³/mol. The zero-order chi connectivity index (χ0) is 24.3. The molecule has 0 unspecified atom stereocenters. The van der Waals surface area contributed by atoms with E-state index >= 15 is 0 Å². The molecule has 0 radical (unpaired) electrons. The molecule has 4 rings (SSSR count). The molecule has 0 saturated heterocycles. The summed E-state index contributed by atoms with van der Waals surface area (Å²) in [5.41, 5.74) is 6.29. The molecule has 2 aromatic heterocycles. The van der Waals surface area contributed by atoms with E-state index in [1.54, 1.807) is 0 Å². The summed E-state index contributed by atoms with van der Waals surface area (Å²) >= 11 is 0. The van der Waals surface area contributed by atoms with Crippen LogP contribution in [0.1, 0.15) is 67.5 Å². The topological polar surface area (TPSA) is 64.1 Å². The summed E-state index contributed by atoms with van der Waals surface area (Å²) in [6.07, 6.45) is 7.16. The van der Waals surface area contributed by atoms with Gasteiger partial charge in [0.2, 0.25) is 0 Å². The van der Waals surface area contributed by atoms with Gasteiger partial charge in [-0.05, 0) is 80.4 Å². The van der Waals surface area contributed by atoms with E-state index in [-0.39, 0.29) is 5.04 Å². The summed E-state index contributed by atoms with van der Waals surface area (Å²) in [5, 5.41) is 4.99. The molecule has 6 heteroatoms. The van der Waals surface area contributed by atoms with E-state index in [2.05, 4.69) is 68.4 Å². The maximum Gasteiger partial charge on any atom is 0.250 e. The average molecular weight is 476 g/mol. The molecule has 1 aromatic carbocycles. The molecule has 180 valence electrons. The van der Waals surface area contributed by atoms with Crippen LogP contribution in [0, 0.1) is 0 Å². The first kappa shape index (κ1) is 24.4. The van der Waals surface area contributed by atoms with E-state index in [1.807, 2.05) is 12.1 Å². The number of nitrogens with one attached hydrogen (secondary N) is 1. The van der Waals surface area contributed by atoms with Crippen molar-refractivity contribution < 1.29 is 9.22 Å². The van der Waals surface area contributed by atoms with Crippen molar-refractivity contribution in [2.24, 2.45) is 0 Å². The first-order chi connectivity index (χ1) is 16.2. The van der Waals surface area contributed by atoms with Crippen LogP contribution in [0.4, 0.5) is 5.69 Å². The molecule has 0 saturated carbocycles. The number of hydrogen-bond acceptors (Lipinski definition) is 5. The standard InChI is InChI=1S/C28H37N3O2Si/c1-28(2,3)34(4,5)33-26-17-16-20(30-25(26)19-32)11-10-18-29-27-21-12-6-8-14-23(21)31-24-15-9-7-13-22(24)27/h6,8,12,14,16-17,19H,7,9-11,13,15,18H2,1-5H3,(H,29,31). The summed E-state index contributed by atoms with van der Waals surface area (Å²) in [5.74, 6) is 0.610. The highest BCUT2D eigenvalue weighted by atomic mass is 28.4. The van der Waals surface area contributed by atoms with Gasteiger partial charge in [0.15, 0.2) is 6.29 Å². The number of carbonyl (C=O) groups is 1. The first-order valence-electron chi connectivity index (χ1n) is 12.5. The fourth-order valence-corrected chi connectivity index (χ4v) is 5.33. The van der Waals surface area contributed by atoms with Gasteiger partial charge in [-0.25, -0.2) is 4.98 Å². The molecule has 0 amide bonds. The van der Waals surface area contributed by atoms with Crippen LogP contribution >= 0.6 is 0 Å². The highest BCUT2D eigenvalue weighted by Gasteiger charge is 2.39. The molecule has 34 heavy (non-hydrogen) atoms. The normalized spacial score (nSPS) is 14.0. The second-order valence-electron chi connectivity index (χ2n) is 10.8. The van der Waals surface area contributed by atoms with Crippen LogP contribution < -0.4 is 9.74 Å². The minimum atomic E-state index is -2.03. The summed E-state index contributed by atoms with van der Waals surface area (Å²) in [6.45, 7) is 11.8. The lowest BCUT2D eigenvalue weighted by atomic mass is 9.92. The molecule has 0 atom stereocenters. The third-order valence-electron chi connectivity index (χ3n) is 7.31. The van der Waals surface area contributed by atoms with E-state index in [4.69, 9.17) is 9.41 Å². The second kappa shape index (κ2) is 9.86. The number of nitrogens with zero attached hydrogens (tertiary/aromatic N) is 2. The SMILES string of the molecule is CC(C)(C)[Si](C)(C)Oc1ccc(CCCNc2c3c(nc4ccccc24)CCCC3)nc1C=O. The number of carbonyl (C=O) groups excluding carboxylic acids is 1. The number of aldehydes is 1. The van der Waals surface area contributed by atoms with Crippen LogP contribution in [0.25, 0.3) is 10.9 Å². The van der Waals surface area contributed by atoms with Gasteiger partial charge in [-0.15, -0.1) is 0 Å². The van der Waals surface area contributed by atoms with Crippen LogP contribution in [0.5, 0.6) is 5.75 Å². The molecule has 2 heterocycles. The van der Waals surface area contributed by atoms with Crippen LogP contribution in [-0.4, -0.2) is 31.1 Å². The zero-order valence-corrected chi connectivity index (χ0v) is 22.2. The summed E-state index contributed by atoms with van der Waals surface area (Å²) in [7, 11) is -2.03. The van der Waals surface area contributed by atoms with Crippen molar-refractivity contribution in [1.82, 2.24) is 9.97 Å². The molecule has 1 N–H and O–H groups in total. The number of fused-ring (bicyclic) bond motifs is 2. The number of pyridine rings is 2. The van der Waals surface area contributed by atoms with Crippen molar-refractivity contribution in [3.05, 3.63) is 59.0 Å². The second-order valence-corrected chi connectivity index (χ2v) is 15.6. The summed E-state index contributed by atoms with van der Waals surface area (Å²) in [6, 6.07) is 12.3. The van der Waals surface area contributed by atoms with Gasteiger partial charge < -0.3 is 9.74 Å². The minimum Gasteiger partial charge on any atom is -0.542 e. The van der Waals surface area contributed by atoms with E-state index in [0.717, 1.165) is 49.7 Å². The van der Waals surface area contributed by atoms with Gasteiger partial charge in [0, 0.05) is 29.0 Å². The van der Waals surface area contributed by atoms with Gasteiger partial charge in [-0.1, -0.05) is 39.0 Å². The predicted octanol–water partition coefficient (Wildman–Crippen LogP) is 6.75. The Hall–Kier alpha value is -2.73. The zero-order valence-electron chi connectivity index (χ0n) is 21.2. The number of hydrogen-bond donors (Lipinski definition) is 1. The lowest BCUT2D eigenvalue weighted by molar-refractivity contribution is 0.111. The molecule has 0 aliphatic heterocycles. The van der Waals surface area contributed by atoms with Crippen molar-refractivity contribution in [2.45, 2.75) is 77.4 Å². The van der Waals surface area contributed by atoms with E-state index in [1.165, 1.54) is 35.2 Å². The molecule has 0 bridgehead atoms. The smallest absolute Gasteiger partial charge is 0.250 e. The number of para-hydroxylation sites is 1. The fourth-order valence-electron chi connectivity index (χ4n) is 4.30. The Morgan fingerprint density at radius 2 is 1.82 bits per heavy atom. The Morgan fingerprint density at radius 3 is 2.59 bits per heavy atom. The maximum atomic E-state index is 11.7. The Bertz CT molecular complexity index is 1180. The van der Waals surface area contributed by atoms with Crippen LogP contribution in [-0.2, 0) is 19.3 Å². The van der Waals surface area contributed by atoms with Crippen LogP contribution in [0.3, 0.4) is 0 Å². The Balaban J connectivity index is 1.44. The Kier molecular flexibility index (Phi) is 7.08. The molecule has 0 spiro atoms. The molecule has 3 aromatic rings. The number of rotatable bonds is 8. The third kappa shape index (κ3) is 5.17. The first-order valence-corrected chi connectivity index (χ1v) is 15.4. The van der Waals surface area contributed by atoms with Crippen molar-refractivity contribution in [1.29, 1.82) is 0 Å². The maximum absolute atomic E-state index is 11.7. The molecule has 1 aliphatic rings. The lowest BCUT2D eigenvalue weighted by Crippen LogP contribution is -2.44. The highest BCUT2D eigenvalue weighted by Crippen LogP contribution is 2.38. The van der Waals surface area contributed by atoms with Crippen molar-refractivity contribution in [2.75, 3.05) is 11.9 Å². The van der Waals surface area contributed by atoms with Gasteiger partial charge in [0.25, 0.3) is 8.32 Å². The van der Waals surface area contributed by atoms with Crippen molar-refractivity contribution in [3.8, 4) is 5.75 Å². The van der Waals surface area contributed by atoms with Gasteiger partial charge in [-0.3, -0.25) is 9.78 Å². The Morgan fingerprint density at radius 1 is 1.06 bits per heavy atom. The summed E-state index contributed by atoms with van der Waals surface area (Å²) < 4.78 is 6.35. The van der Waals surface area contributed by atoms with Crippen LogP contribution in [0.15, 0.2) is 36.4 Å². The summed E-state index contributed by atoms with van der Waals surface area (Å²) in [4.78, 5) is 21.3. The highest BCUT2D eigenvalue weighted by molar-refractivity contribution is 6.74. The lowest BCUT2D eigenvalue weighted by Gasteiger charge is -2.36. The van der Waals surface area contributed by atoms with Crippen molar-refractivity contribution >= 4 is 31.2 Å². The average Bonchev–Trinajstić information content (AvgIpc) is 2.81. The monoisotopic (exact) mass is 475 g/mol. The van der Waals surface area contributed by atoms with E-state index < -0.39 is 8.32 Å². The third-order valence-corrected chi connectivity index (χ3v) is 11.6. The largest absolute Gasteiger partial charge is 0.542 e. The van der Waals surface area contributed by atoms with Gasteiger partial charge in [0.05, 0.1) is 5.52 Å². The minimum absolute atomic E-state index is 0.0633. The fraction of sp³-hybridized carbons (Fsp3) is 0.464. The molecule has 5 nitrogen and oxygen atoms in total. The molecular formula is C28H37N3O2Si. The number of benzene rings is 1. The number of anilines is 1. The molecule has 0 fully saturated rings. The quantitative estimate of drug-likeness (QED) is 0.222. The van der Waals surface area contributed by atoms with Crippen molar-refractivity contribution in [3.63, 3.8) is 0 Å². The van der Waals surface area contributed by atoms with Gasteiger partial charge >= 0.3 is 0 Å². The van der Waals surface area contributed by atoms with Gasteiger partial charge in [-0.2, -0.15) is 0 Å². The number of aryl methyl sites for hydroxylation is 2. The van der Waals surface area contributed by atoms with Crippen LogP contribution in [0.2, 0.25) is 18.1 Å². The molecule has 1 aliphatic carbocycles. The Labute approximate surface area is 204 Å². The number of aromatic nitrogens is 2. The van der Waals surface area contributed by atoms with E-state index in [9.17, 15) is 4.79 Å². The molecular weight excluding hydrogens is 438 g/mol.